The highest BCUT2D eigenvalue weighted by Gasteiger charge is 2.26. The zero-order valence-corrected chi connectivity index (χ0v) is 19.5. The number of benzene rings is 2. The summed E-state index contributed by atoms with van der Waals surface area (Å²) < 4.78 is 43.3. The fourth-order valence-corrected chi connectivity index (χ4v) is 5.04. The number of aryl methyl sites for hydroxylation is 1. The number of carbonyl (C=O) groups is 1. The Morgan fingerprint density at radius 3 is 2.52 bits per heavy atom. The number of amides is 1. The highest BCUT2D eigenvalue weighted by atomic mass is 35.5. The minimum atomic E-state index is -3.59. The van der Waals surface area contributed by atoms with Gasteiger partial charge in [-0.1, -0.05) is 23.7 Å². The fourth-order valence-electron chi connectivity index (χ4n) is 3.36. The monoisotopic (exact) mass is 490 g/mol. The Bertz CT molecular complexity index is 1210. The van der Waals surface area contributed by atoms with Crippen molar-refractivity contribution in [2.24, 2.45) is 0 Å². The van der Waals surface area contributed by atoms with Crippen molar-refractivity contribution in [3.05, 3.63) is 76.7 Å². The lowest BCUT2D eigenvalue weighted by Crippen LogP contribution is -2.40. The summed E-state index contributed by atoms with van der Waals surface area (Å²) in [5, 5.41) is 3.20. The first kappa shape index (κ1) is 23.3. The summed E-state index contributed by atoms with van der Waals surface area (Å²) in [5.41, 5.74) is 1.34. The van der Waals surface area contributed by atoms with Crippen molar-refractivity contribution in [2.75, 3.05) is 31.6 Å². The van der Waals surface area contributed by atoms with E-state index in [9.17, 15) is 13.2 Å². The number of rotatable bonds is 7. The molecule has 0 saturated carbocycles. The van der Waals surface area contributed by atoms with Gasteiger partial charge in [0, 0.05) is 18.8 Å². The topological polar surface area (TPSA) is 98.1 Å². The number of carbonyl (C=O) groups excluding carboxylic acids is 1. The zero-order valence-electron chi connectivity index (χ0n) is 17.9. The molecule has 0 radical (unpaired) electrons. The molecular weight excluding hydrogens is 468 g/mol. The maximum atomic E-state index is 12.7. The average molecular weight is 491 g/mol. The molecule has 4 rings (SSSR count). The van der Waals surface area contributed by atoms with Crippen molar-refractivity contribution in [2.45, 2.75) is 18.4 Å². The summed E-state index contributed by atoms with van der Waals surface area (Å²) in [6.07, 6.45) is 0. The number of para-hydroxylation sites is 1. The standard InChI is InChI=1S/C23H23ClN2O6S/c1-16-3-2-4-20(24)22(16)31-15-18-7-10-21(32-18)23(27)25-17-5-8-19(9-6-17)33(28,29)26-11-13-30-14-12-26/h2-10H,11-15H2,1H3,(H,25,27). The smallest absolute Gasteiger partial charge is 0.291 e. The van der Waals surface area contributed by atoms with Crippen LogP contribution < -0.4 is 10.1 Å². The molecule has 1 amide bonds. The highest BCUT2D eigenvalue weighted by molar-refractivity contribution is 7.89. The van der Waals surface area contributed by atoms with Crippen molar-refractivity contribution in [1.29, 1.82) is 0 Å². The molecule has 0 aliphatic carbocycles. The number of morpholine rings is 1. The van der Waals surface area contributed by atoms with Crippen LogP contribution in [-0.4, -0.2) is 44.9 Å². The largest absolute Gasteiger partial charge is 0.484 e. The van der Waals surface area contributed by atoms with Crippen LogP contribution in [0.1, 0.15) is 21.9 Å². The number of furan rings is 1. The summed E-state index contributed by atoms with van der Waals surface area (Å²) >= 11 is 6.16. The molecule has 0 spiro atoms. The number of nitrogens with zero attached hydrogens (tertiary/aromatic N) is 1. The number of nitrogens with one attached hydrogen (secondary N) is 1. The van der Waals surface area contributed by atoms with Gasteiger partial charge in [0.15, 0.2) is 5.76 Å². The minimum absolute atomic E-state index is 0.106. The van der Waals surface area contributed by atoms with Crippen molar-refractivity contribution in [3.8, 4) is 5.75 Å². The van der Waals surface area contributed by atoms with Gasteiger partial charge in [-0.25, -0.2) is 8.42 Å². The Hall–Kier alpha value is -2.85. The lowest BCUT2D eigenvalue weighted by atomic mass is 10.2. The Morgan fingerprint density at radius 2 is 1.82 bits per heavy atom. The first-order valence-electron chi connectivity index (χ1n) is 10.3. The summed E-state index contributed by atoms with van der Waals surface area (Å²) in [7, 11) is -3.59. The number of sulfonamides is 1. The number of halogens is 1. The molecule has 2 aromatic carbocycles. The molecule has 0 bridgehead atoms. The van der Waals surface area contributed by atoms with Crippen molar-refractivity contribution >= 4 is 33.2 Å². The molecule has 0 unspecified atom stereocenters. The maximum absolute atomic E-state index is 12.7. The van der Waals surface area contributed by atoms with Crippen LogP contribution >= 0.6 is 11.6 Å². The first-order chi connectivity index (χ1) is 15.8. The van der Waals surface area contributed by atoms with E-state index in [2.05, 4.69) is 5.32 Å². The fraction of sp³-hybridized carbons (Fsp3) is 0.261. The van der Waals surface area contributed by atoms with Crippen LogP contribution in [0.3, 0.4) is 0 Å². The molecule has 1 saturated heterocycles. The molecule has 1 aliphatic heterocycles. The molecule has 3 aromatic rings. The third-order valence-electron chi connectivity index (χ3n) is 5.13. The van der Waals surface area contributed by atoms with E-state index in [0.29, 0.717) is 48.5 Å². The van der Waals surface area contributed by atoms with Crippen LogP contribution in [-0.2, 0) is 21.4 Å². The molecule has 10 heteroatoms. The molecule has 1 N–H and O–H groups in total. The molecule has 174 valence electrons. The van der Waals surface area contributed by atoms with E-state index in [0.717, 1.165) is 5.56 Å². The van der Waals surface area contributed by atoms with E-state index in [-0.39, 0.29) is 17.3 Å². The predicted octanol–water partition coefficient (Wildman–Crippen LogP) is 4.09. The van der Waals surface area contributed by atoms with E-state index < -0.39 is 15.9 Å². The second kappa shape index (κ2) is 9.96. The summed E-state index contributed by atoms with van der Waals surface area (Å²) in [6.45, 7) is 3.40. The number of ether oxygens (including phenoxy) is 2. The highest BCUT2D eigenvalue weighted by Crippen LogP contribution is 2.29. The second-order valence-corrected chi connectivity index (χ2v) is 9.78. The van der Waals surface area contributed by atoms with E-state index >= 15 is 0 Å². The lowest BCUT2D eigenvalue weighted by molar-refractivity contribution is 0.0730. The third-order valence-corrected chi connectivity index (χ3v) is 7.34. The maximum Gasteiger partial charge on any atom is 0.291 e. The van der Waals surface area contributed by atoms with Gasteiger partial charge in [0.1, 0.15) is 18.1 Å². The van der Waals surface area contributed by atoms with Crippen LogP contribution in [0.4, 0.5) is 5.69 Å². The first-order valence-corrected chi connectivity index (χ1v) is 12.1. The van der Waals surface area contributed by atoms with Gasteiger partial charge in [-0.15, -0.1) is 0 Å². The minimum Gasteiger partial charge on any atom is -0.484 e. The summed E-state index contributed by atoms with van der Waals surface area (Å²) in [4.78, 5) is 12.7. The van der Waals surface area contributed by atoms with Crippen LogP contribution in [0.25, 0.3) is 0 Å². The molecule has 0 atom stereocenters. The SMILES string of the molecule is Cc1cccc(Cl)c1OCc1ccc(C(=O)Nc2ccc(S(=O)(=O)N3CCOCC3)cc2)o1. The molecule has 1 aliphatic rings. The average Bonchev–Trinajstić information content (AvgIpc) is 3.29. The van der Waals surface area contributed by atoms with E-state index in [1.165, 1.54) is 16.4 Å². The predicted molar refractivity (Wildman–Crippen MR) is 123 cm³/mol. The number of anilines is 1. The van der Waals surface area contributed by atoms with E-state index in [4.69, 9.17) is 25.5 Å². The Labute approximate surface area is 197 Å². The Balaban J connectivity index is 1.37. The quantitative estimate of drug-likeness (QED) is 0.535. The van der Waals surface area contributed by atoms with Crippen molar-refractivity contribution in [3.63, 3.8) is 0 Å². The van der Waals surface area contributed by atoms with Gasteiger partial charge >= 0.3 is 0 Å². The van der Waals surface area contributed by atoms with Gasteiger partial charge in [0.05, 0.1) is 23.1 Å². The van der Waals surface area contributed by atoms with Gasteiger partial charge in [0.25, 0.3) is 5.91 Å². The van der Waals surface area contributed by atoms with Crippen LogP contribution in [0.2, 0.25) is 5.02 Å². The molecular formula is C23H23ClN2O6S. The van der Waals surface area contributed by atoms with Crippen LogP contribution in [0.5, 0.6) is 5.75 Å². The Morgan fingerprint density at radius 1 is 1.09 bits per heavy atom. The molecule has 2 heterocycles. The summed E-state index contributed by atoms with van der Waals surface area (Å²) in [5.74, 6) is 0.675. The normalized spacial score (nSPS) is 14.7. The van der Waals surface area contributed by atoms with Crippen molar-refractivity contribution in [1.82, 2.24) is 4.31 Å². The van der Waals surface area contributed by atoms with Gasteiger partial charge in [-0.05, 0) is 55.0 Å². The lowest BCUT2D eigenvalue weighted by Gasteiger charge is -2.26. The van der Waals surface area contributed by atoms with Gasteiger partial charge in [-0.3, -0.25) is 4.79 Å². The number of hydrogen-bond donors (Lipinski definition) is 1. The van der Waals surface area contributed by atoms with E-state index in [1.807, 2.05) is 19.1 Å². The molecule has 1 aromatic heterocycles. The van der Waals surface area contributed by atoms with Crippen LogP contribution in [0, 0.1) is 6.92 Å². The Kier molecular flexibility index (Phi) is 7.04. The summed E-state index contributed by atoms with van der Waals surface area (Å²) in [6, 6.07) is 14.7. The van der Waals surface area contributed by atoms with Crippen LogP contribution in [0.15, 0.2) is 63.9 Å². The third kappa shape index (κ3) is 5.39. The van der Waals surface area contributed by atoms with Gasteiger partial charge in [-0.2, -0.15) is 4.31 Å². The van der Waals surface area contributed by atoms with Gasteiger partial charge < -0.3 is 19.2 Å². The van der Waals surface area contributed by atoms with Crippen molar-refractivity contribution < 1.29 is 27.1 Å². The van der Waals surface area contributed by atoms with E-state index in [1.54, 1.807) is 30.3 Å². The second-order valence-electron chi connectivity index (χ2n) is 7.44. The molecule has 33 heavy (non-hydrogen) atoms. The van der Waals surface area contributed by atoms with Gasteiger partial charge in [0.2, 0.25) is 10.0 Å². The molecule has 8 nitrogen and oxygen atoms in total. The molecule has 1 fully saturated rings. The zero-order chi connectivity index (χ0) is 23.4. The number of hydrogen-bond acceptors (Lipinski definition) is 6.